The Bertz CT molecular complexity index is 366. The van der Waals surface area contributed by atoms with Crippen LogP contribution >= 0.6 is 0 Å². The van der Waals surface area contributed by atoms with Crippen molar-refractivity contribution in [2.24, 2.45) is 5.92 Å². The summed E-state index contributed by atoms with van der Waals surface area (Å²) in [6.07, 6.45) is 1.77. The summed E-state index contributed by atoms with van der Waals surface area (Å²) in [6, 6.07) is 0. The molecule has 0 bridgehead atoms. The molecule has 1 fully saturated rings. The second kappa shape index (κ2) is 7.09. The van der Waals surface area contributed by atoms with Crippen LogP contribution in [0.3, 0.4) is 0 Å². The molecule has 0 spiro atoms. The van der Waals surface area contributed by atoms with Crippen LogP contribution in [0, 0.1) is 5.92 Å². The molecule has 1 aliphatic rings. The number of carbonyl (C=O) groups is 1. The molecule has 1 aliphatic heterocycles. The van der Waals surface area contributed by atoms with Crippen LogP contribution in [-0.4, -0.2) is 57.0 Å². The molecule has 106 valence electrons. The van der Waals surface area contributed by atoms with Gasteiger partial charge in [0.2, 0.25) is 0 Å². The van der Waals surface area contributed by atoms with E-state index in [4.69, 9.17) is 4.74 Å². The molecule has 0 amide bonds. The lowest BCUT2D eigenvalue weighted by atomic mass is 9.98. The molecular weight excluding hydrogens is 254 g/mol. The summed E-state index contributed by atoms with van der Waals surface area (Å²) in [7, 11) is -2.92. The minimum atomic E-state index is -2.92. The van der Waals surface area contributed by atoms with Crippen LogP contribution in [0.1, 0.15) is 26.7 Å². The SMILES string of the molecule is CCOC(=O)[C@@H]1CCCN(CCS(=O)(=O)CC)C1. The fourth-order valence-corrected chi connectivity index (χ4v) is 2.95. The molecule has 0 unspecified atom stereocenters. The van der Waals surface area contributed by atoms with Crippen LogP contribution in [-0.2, 0) is 19.4 Å². The molecule has 6 heteroatoms. The number of esters is 1. The van der Waals surface area contributed by atoms with Gasteiger partial charge >= 0.3 is 5.97 Å². The number of nitrogens with zero attached hydrogens (tertiary/aromatic N) is 1. The van der Waals surface area contributed by atoms with E-state index in [-0.39, 0.29) is 23.4 Å². The number of ether oxygens (including phenoxy) is 1. The van der Waals surface area contributed by atoms with E-state index in [0.717, 1.165) is 19.4 Å². The van der Waals surface area contributed by atoms with E-state index in [1.54, 1.807) is 13.8 Å². The van der Waals surface area contributed by atoms with Gasteiger partial charge < -0.3 is 9.64 Å². The average Bonchev–Trinajstić information content (AvgIpc) is 2.37. The summed E-state index contributed by atoms with van der Waals surface area (Å²) in [5.41, 5.74) is 0. The Morgan fingerprint density at radius 2 is 2.11 bits per heavy atom. The van der Waals surface area contributed by atoms with Crippen molar-refractivity contribution in [2.75, 3.05) is 37.7 Å². The van der Waals surface area contributed by atoms with Crippen molar-refractivity contribution < 1.29 is 17.9 Å². The summed E-state index contributed by atoms with van der Waals surface area (Å²) in [4.78, 5) is 13.7. The average molecular weight is 277 g/mol. The second-order valence-corrected chi connectivity index (χ2v) is 7.10. The minimum Gasteiger partial charge on any atom is -0.466 e. The zero-order chi connectivity index (χ0) is 13.6. The van der Waals surface area contributed by atoms with Gasteiger partial charge in [0.05, 0.1) is 18.3 Å². The zero-order valence-corrected chi connectivity index (χ0v) is 12.0. The molecule has 5 nitrogen and oxygen atoms in total. The predicted octanol–water partition coefficient (Wildman–Crippen LogP) is 0.696. The smallest absolute Gasteiger partial charge is 0.310 e. The molecule has 1 rings (SSSR count). The molecule has 18 heavy (non-hydrogen) atoms. The number of carbonyl (C=O) groups excluding carboxylic acids is 1. The summed E-state index contributed by atoms with van der Waals surface area (Å²) >= 11 is 0. The number of likely N-dealkylation sites (tertiary alicyclic amines) is 1. The lowest BCUT2D eigenvalue weighted by Gasteiger charge is -2.31. The molecule has 0 aliphatic carbocycles. The molecule has 0 aromatic rings. The van der Waals surface area contributed by atoms with Gasteiger partial charge in [0, 0.05) is 18.8 Å². The van der Waals surface area contributed by atoms with E-state index in [2.05, 4.69) is 4.90 Å². The summed E-state index contributed by atoms with van der Waals surface area (Å²) in [6.45, 7) is 5.87. The Morgan fingerprint density at radius 3 is 2.72 bits per heavy atom. The maximum atomic E-state index is 11.6. The van der Waals surface area contributed by atoms with Gasteiger partial charge in [-0.05, 0) is 26.3 Å². The Morgan fingerprint density at radius 1 is 1.39 bits per heavy atom. The maximum Gasteiger partial charge on any atom is 0.310 e. The van der Waals surface area contributed by atoms with Crippen LogP contribution in [0.25, 0.3) is 0 Å². The lowest BCUT2D eigenvalue weighted by molar-refractivity contribution is -0.149. The Kier molecular flexibility index (Phi) is 6.08. The van der Waals surface area contributed by atoms with E-state index in [1.807, 2.05) is 0 Å². The fourth-order valence-electron chi connectivity index (χ4n) is 2.12. The van der Waals surface area contributed by atoms with Gasteiger partial charge in [-0.2, -0.15) is 0 Å². The first-order valence-electron chi connectivity index (χ1n) is 6.58. The highest BCUT2D eigenvalue weighted by atomic mass is 32.2. The van der Waals surface area contributed by atoms with Crippen molar-refractivity contribution in [2.45, 2.75) is 26.7 Å². The topological polar surface area (TPSA) is 63.7 Å². The lowest BCUT2D eigenvalue weighted by Crippen LogP contribution is -2.41. The van der Waals surface area contributed by atoms with Gasteiger partial charge in [-0.15, -0.1) is 0 Å². The van der Waals surface area contributed by atoms with E-state index < -0.39 is 9.84 Å². The largest absolute Gasteiger partial charge is 0.466 e. The first kappa shape index (κ1) is 15.4. The minimum absolute atomic E-state index is 0.0944. The maximum absolute atomic E-state index is 11.6. The Balaban J connectivity index is 2.42. The van der Waals surface area contributed by atoms with Crippen molar-refractivity contribution in [1.82, 2.24) is 4.90 Å². The zero-order valence-electron chi connectivity index (χ0n) is 11.2. The fraction of sp³-hybridized carbons (Fsp3) is 0.917. The van der Waals surface area contributed by atoms with Crippen molar-refractivity contribution >= 4 is 15.8 Å². The van der Waals surface area contributed by atoms with E-state index in [9.17, 15) is 13.2 Å². The van der Waals surface area contributed by atoms with Crippen molar-refractivity contribution in [3.8, 4) is 0 Å². The van der Waals surface area contributed by atoms with Crippen LogP contribution in [0.15, 0.2) is 0 Å². The summed E-state index contributed by atoms with van der Waals surface area (Å²) < 4.78 is 27.9. The monoisotopic (exact) mass is 277 g/mol. The van der Waals surface area contributed by atoms with Crippen molar-refractivity contribution in [1.29, 1.82) is 0 Å². The van der Waals surface area contributed by atoms with Gasteiger partial charge in [-0.25, -0.2) is 8.42 Å². The van der Waals surface area contributed by atoms with Crippen LogP contribution in [0.5, 0.6) is 0 Å². The quantitative estimate of drug-likeness (QED) is 0.669. The highest BCUT2D eigenvalue weighted by Gasteiger charge is 2.27. The van der Waals surface area contributed by atoms with Gasteiger partial charge in [0.25, 0.3) is 0 Å². The van der Waals surface area contributed by atoms with E-state index in [0.29, 0.717) is 19.7 Å². The predicted molar refractivity (Wildman–Crippen MR) is 70.1 cm³/mol. The van der Waals surface area contributed by atoms with Crippen LogP contribution in [0.2, 0.25) is 0 Å². The van der Waals surface area contributed by atoms with Gasteiger partial charge in [0.15, 0.2) is 9.84 Å². The molecule has 1 heterocycles. The molecule has 0 aromatic heterocycles. The molecule has 1 atom stereocenters. The first-order chi connectivity index (χ1) is 8.48. The standard InChI is InChI=1S/C12H23NO4S/c1-3-17-12(14)11-6-5-7-13(10-11)8-9-18(15,16)4-2/h11H,3-10H2,1-2H3/t11-/m1/s1. The number of hydrogen-bond donors (Lipinski definition) is 0. The third-order valence-corrected chi connectivity index (χ3v) is 4.97. The first-order valence-corrected chi connectivity index (χ1v) is 8.40. The van der Waals surface area contributed by atoms with E-state index in [1.165, 1.54) is 0 Å². The molecule has 0 saturated carbocycles. The number of rotatable bonds is 6. The van der Waals surface area contributed by atoms with Crippen LogP contribution < -0.4 is 0 Å². The molecule has 1 saturated heterocycles. The third-order valence-electron chi connectivity index (χ3n) is 3.28. The summed E-state index contributed by atoms with van der Waals surface area (Å²) in [5.74, 6) is 0.116. The number of sulfone groups is 1. The highest BCUT2D eigenvalue weighted by Crippen LogP contribution is 2.17. The van der Waals surface area contributed by atoms with Gasteiger partial charge in [0.1, 0.15) is 0 Å². The number of hydrogen-bond acceptors (Lipinski definition) is 5. The second-order valence-electron chi connectivity index (χ2n) is 4.63. The molecule has 0 radical (unpaired) electrons. The third kappa shape index (κ3) is 4.94. The van der Waals surface area contributed by atoms with Crippen molar-refractivity contribution in [3.05, 3.63) is 0 Å². The van der Waals surface area contributed by atoms with Crippen molar-refractivity contribution in [3.63, 3.8) is 0 Å². The van der Waals surface area contributed by atoms with Gasteiger partial charge in [-0.1, -0.05) is 6.92 Å². The molecule has 0 N–H and O–H groups in total. The Hall–Kier alpha value is -0.620. The summed E-state index contributed by atoms with van der Waals surface area (Å²) in [5, 5.41) is 0. The van der Waals surface area contributed by atoms with Crippen LogP contribution in [0.4, 0.5) is 0 Å². The molecular formula is C12H23NO4S. The normalized spacial score (nSPS) is 21.8. The highest BCUT2D eigenvalue weighted by molar-refractivity contribution is 7.91. The molecule has 0 aromatic carbocycles. The van der Waals surface area contributed by atoms with E-state index >= 15 is 0 Å². The number of piperidine rings is 1. The Labute approximate surface area is 109 Å². The van der Waals surface area contributed by atoms with Gasteiger partial charge in [-0.3, -0.25) is 4.79 Å².